The van der Waals surface area contributed by atoms with E-state index < -0.39 is 0 Å². The van der Waals surface area contributed by atoms with Gasteiger partial charge in [0.2, 0.25) is 0 Å². The minimum absolute atomic E-state index is 0.0844. The van der Waals surface area contributed by atoms with Crippen molar-refractivity contribution in [1.29, 1.82) is 0 Å². The summed E-state index contributed by atoms with van der Waals surface area (Å²) in [6.45, 7) is 7.72. The van der Waals surface area contributed by atoms with Crippen LogP contribution in [0, 0.1) is 13.8 Å². The van der Waals surface area contributed by atoms with E-state index in [2.05, 4.69) is 10.1 Å². The van der Waals surface area contributed by atoms with Crippen molar-refractivity contribution in [2.45, 2.75) is 33.8 Å². The maximum absolute atomic E-state index is 5.89. The van der Waals surface area contributed by atoms with Gasteiger partial charge in [0.25, 0.3) is 0 Å². The van der Waals surface area contributed by atoms with Gasteiger partial charge >= 0.3 is 0 Å². The third-order valence-corrected chi connectivity index (χ3v) is 2.48. The molecule has 5 heteroatoms. The van der Waals surface area contributed by atoms with E-state index in [1.807, 2.05) is 45.9 Å². The molecule has 1 heterocycles. The topological polar surface area (TPSA) is 66.0 Å². The number of benzene rings is 1. The van der Waals surface area contributed by atoms with E-state index in [0.717, 1.165) is 17.3 Å². The zero-order valence-corrected chi connectivity index (χ0v) is 11.1. The first kappa shape index (κ1) is 12.4. The first-order valence-electron chi connectivity index (χ1n) is 5.94. The zero-order chi connectivity index (χ0) is 13.3. The summed E-state index contributed by atoms with van der Waals surface area (Å²) in [6, 6.07) is 5.61. The number of nitrogens with zero attached hydrogens (tertiary/aromatic N) is 3. The molecule has 0 aliphatic heterocycles. The fourth-order valence-electron chi connectivity index (χ4n) is 1.78. The normalized spacial score (nSPS) is 10.9. The van der Waals surface area contributed by atoms with Crippen LogP contribution in [0.5, 0.6) is 5.75 Å². The quantitative estimate of drug-likeness (QED) is 0.843. The molecule has 1 aromatic carbocycles. The SMILES string of the molecule is Cc1nc(C)n(-c2ccc(N)c(OC(C)C)c2)n1. The third-order valence-electron chi connectivity index (χ3n) is 2.48. The fraction of sp³-hybridized carbons (Fsp3) is 0.385. The monoisotopic (exact) mass is 246 g/mol. The molecule has 0 aliphatic carbocycles. The fourth-order valence-corrected chi connectivity index (χ4v) is 1.78. The van der Waals surface area contributed by atoms with Crippen LogP contribution in [0.2, 0.25) is 0 Å². The molecule has 0 spiro atoms. The van der Waals surface area contributed by atoms with Gasteiger partial charge in [-0.15, -0.1) is 0 Å². The number of nitrogen functional groups attached to an aromatic ring is 1. The Balaban J connectivity index is 2.43. The molecule has 0 bridgehead atoms. The molecule has 2 aromatic rings. The molecule has 5 nitrogen and oxygen atoms in total. The van der Waals surface area contributed by atoms with Crippen LogP contribution in [-0.2, 0) is 0 Å². The van der Waals surface area contributed by atoms with Crippen LogP contribution >= 0.6 is 0 Å². The number of aryl methyl sites for hydroxylation is 2. The molecular weight excluding hydrogens is 228 g/mol. The number of nitrogens with two attached hydrogens (primary N) is 1. The molecule has 0 radical (unpaired) electrons. The van der Waals surface area contributed by atoms with E-state index in [1.54, 1.807) is 4.68 Å². The smallest absolute Gasteiger partial charge is 0.148 e. The van der Waals surface area contributed by atoms with Gasteiger partial charge in [0.1, 0.15) is 17.4 Å². The van der Waals surface area contributed by atoms with Crippen LogP contribution in [0.3, 0.4) is 0 Å². The van der Waals surface area contributed by atoms with E-state index in [9.17, 15) is 0 Å². The molecular formula is C13H18N4O. The molecule has 0 aliphatic rings. The lowest BCUT2D eigenvalue weighted by atomic mass is 10.2. The Morgan fingerprint density at radius 1 is 1.28 bits per heavy atom. The van der Waals surface area contributed by atoms with Crippen molar-refractivity contribution < 1.29 is 4.74 Å². The molecule has 0 saturated heterocycles. The Bertz CT molecular complexity index is 560. The second-order valence-corrected chi connectivity index (χ2v) is 4.51. The molecule has 2 rings (SSSR count). The summed E-state index contributed by atoms with van der Waals surface area (Å²) in [5.74, 6) is 2.26. The Morgan fingerprint density at radius 3 is 2.56 bits per heavy atom. The van der Waals surface area contributed by atoms with Gasteiger partial charge in [0, 0.05) is 6.07 Å². The Labute approximate surface area is 107 Å². The van der Waals surface area contributed by atoms with Crippen molar-refractivity contribution in [2.75, 3.05) is 5.73 Å². The lowest BCUT2D eigenvalue weighted by Gasteiger charge is -2.13. The number of hydrogen-bond donors (Lipinski definition) is 1. The summed E-state index contributed by atoms with van der Waals surface area (Å²) in [5.41, 5.74) is 7.42. The van der Waals surface area contributed by atoms with Gasteiger partial charge in [0.05, 0.1) is 17.5 Å². The highest BCUT2D eigenvalue weighted by molar-refractivity contribution is 5.57. The molecule has 18 heavy (non-hydrogen) atoms. The molecule has 0 fully saturated rings. The second kappa shape index (κ2) is 4.68. The molecule has 0 unspecified atom stereocenters. The minimum atomic E-state index is 0.0844. The van der Waals surface area contributed by atoms with E-state index in [-0.39, 0.29) is 6.10 Å². The maximum Gasteiger partial charge on any atom is 0.148 e. The van der Waals surface area contributed by atoms with Crippen molar-refractivity contribution >= 4 is 5.69 Å². The lowest BCUT2D eigenvalue weighted by molar-refractivity contribution is 0.244. The largest absolute Gasteiger partial charge is 0.489 e. The minimum Gasteiger partial charge on any atom is -0.489 e. The summed E-state index contributed by atoms with van der Waals surface area (Å²) in [4.78, 5) is 4.28. The second-order valence-electron chi connectivity index (χ2n) is 4.51. The first-order valence-corrected chi connectivity index (χ1v) is 5.94. The molecule has 2 N–H and O–H groups in total. The number of ether oxygens (including phenoxy) is 1. The first-order chi connectivity index (χ1) is 8.47. The van der Waals surface area contributed by atoms with Crippen molar-refractivity contribution in [1.82, 2.24) is 14.8 Å². The van der Waals surface area contributed by atoms with Crippen LogP contribution < -0.4 is 10.5 Å². The Morgan fingerprint density at radius 2 is 2.00 bits per heavy atom. The maximum atomic E-state index is 5.89. The van der Waals surface area contributed by atoms with E-state index in [1.165, 1.54) is 0 Å². The Kier molecular flexibility index (Phi) is 3.23. The average molecular weight is 246 g/mol. The van der Waals surface area contributed by atoms with Crippen LogP contribution in [0.25, 0.3) is 5.69 Å². The highest BCUT2D eigenvalue weighted by atomic mass is 16.5. The molecule has 0 saturated carbocycles. The van der Waals surface area contributed by atoms with Crippen LogP contribution in [-0.4, -0.2) is 20.9 Å². The highest BCUT2D eigenvalue weighted by Gasteiger charge is 2.09. The Hall–Kier alpha value is -2.04. The summed E-state index contributed by atoms with van der Waals surface area (Å²) in [5, 5.41) is 4.34. The van der Waals surface area contributed by atoms with Gasteiger partial charge in [-0.1, -0.05) is 0 Å². The van der Waals surface area contributed by atoms with E-state index in [4.69, 9.17) is 10.5 Å². The van der Waals surface area contributed by atoms with Crippen molar-refractivity contribution in [2.24, 2.45) is 0 Å². The number of hydrogen-bond acceptors (Lipinski definition) is 4. The highest BCUT2D eigenvalue weighted by Crippen LogP contribution is 2.26. The zero-order valence-electron chi connectivity index (χ0n) is 11.1. The van der Waals surface area contributed by atoms with Crippen LogP contribution in [0.1, 0.15) is 25.5 Å². The predicted octanol–water partition coefficient (Wildman–Crippen LogP) is 2.25. The summed E-state index contributed by atoms with van der Waals surface area (Å²) < 4.78 is 7.45. The van der Waals surface area contributed by atoms with Crippen LogP contribution in [0.15, 0.2) is 18.2 Å². The number of rotatable bonds is 3. The van der Waals surface area contributed by atoms with Crippen molar-refractivity contribution in [3.8, 4) is 11.4 Å². The summed E-state index contributed by atoms with van der Waals surface area (Å²) >= 11 is 0. The van der Waals surface area contributed by atoms with Crippen molar-refractivity contribution in [3.05, 3.63) is 29.8 Å². The molecule has 96 valence electrons. The van der Waals surface area contributed by atoms with Crippen LogP contribution in [0.4, 0.5) is 5.69 Å². The molecule has 0 atom stereocenters. The van der Waals surface area contributed by atoms with Crippen molar-refractivity contribution in [3.63, 3.8) is 0 Å². The van der Waals surface area contributed by atoms with E-state index >= 15 is 0 Å². The summed E-state index contributed by atoms with van der Waals surface area (Å²) in [7, 11) is 0. The third kappa shape index (κ3) is 2.45. The van der Waals surface area contributed by atoms with E-state index in [0.29, 0.717) is 11.4 Å². The van der Waals surface area contributed by atoms with Gasteiger partial charge in [0.15, 0.2) is 0 Å². The van der Waals surface area contributed by atoms with Gasteiger partial charge in [-0.2, -0.15) is 5.10 Å². The predicted molar refractivity (Wildman–Crippen MR) is 71.0 cm³/mol. The number of anilines is 1. The standard InChI is InChI=1S/C13H18N4O/c1-8(2)18-13-7-11(5-6-12(13)14)17-10(4)15-9(3)16-17/h5-8H,14H2,1-4H3. The average Bonchev–Trinajstić information content (AvgIpc) is 2.60. The molecule has 1 aromatic heterocycles. The lowest BCUT2D eigenvalue weighted by Crippen LogP contribution is -2.08. The van der Waals surface area contributed by atoms with Gasteiger partial charge in [-0.25, -0.2) is 9.67 Å². The summed E-state index contributed by atoms with van der Waals surface area (Å²) in [6.07, 6.45) is 0.0844. The molecule has 0 amide bonds. The van der Waals surface area contributed by atoms with Gasteiger partial charge < -0.3 is 10.5 Å². The van der Waals surface area contributed by atoms with Gasteiger partial charge in [-0.05, 0) is 39.8 Å². The van der Waals surface area contributed by atoms with Gasteiger partial charge in [-0.3, -0.25) is 0 Å². The number of aromatic nitrogens is 3.